The number of nitrogens with one attached hydrogen (secondary N) is 1. The number of aryl methyl sites for hydroxylation is 1. The molecule has 1 aromatic rings. The van der Waals surface area contributed by atoms with Crippen molar-refractivity contribution in [3.8, 4) is 0 Å². The third-order valence-electron chi connectivity index (χ3n) is 4.77. The molecule has 24 heavy (non-hydrogen) atoms. The van der Waals surface area contributed by atoms with Gasteiger partial charge >= 0.3 is 0 Å². The Bertz CT molecular complexity index is 552. The van der Waals surface area contributed by atoms with Gasteiger partial charge in [-0.05, 0) is 37.2 Å². The number of carbonyl (C=O) groups excluding carboxylic acids is 2. The molecule has 1 heterocycles. The number of hydrogen-bond donors (Lipinski definition) is 1. The van der Waals surface area contributed by atoms with Crippen molar-refractivity contribution < 1.29 is 9.59 Å². The Labute approximate surface area is 145 Å². The van der Waals surface area contributed by atoms with Crippen LogP contribution in [-0.2, 0) is 16.0 Å². The van der Waals surface area contributed by atoms with Crippen molar-refractivity contribution in [3.05, 3.63) is 29.8 Å². The molecule has 0 spiro atoms. The van der Waals surface area contributed by atoms with Gasteiger partial charge in [0.15, 0.2) is 0 Å². The summed E-state index contributed by atoms with van der Waals surface area (Å²) < 4.78 is 0. The van der Waals surface area contributed by atoms with E-state index in [1.165, 1.54) is 5.56 Å². The molecular weight excluding hydrogens is 302 g/mol. The zero-order valence-corrected chi connectivity index (χ0v) is 15.0. The van der Waals surface area contributed by atoms with Crippen molar-refractivity contribution in [2.45, 2.75) is 33.6 Å². The molecular formula is C19H29N3O2. The van der Waals surface area contributed by atoms with Gasteiger partial charge in [-0.15, -0.1) is 0 Å². The first kappa shape index (κ1) is 18.5. The van der Waals surface area contributed by atoms with E-state index in [2.05, 4.69) is 31.0 Å². The van der Waals surface area contributed by atoms with E-state index < -0.39 is 0 Å². The third kappa shape index (κ3) is 4.57. The van der Waals surface area contributed by atoms with Crippen molar-refractivity contribution in [3.63, 3.8) is 0 Å². The highest BCUT2D eigenvalue weighted by atomic mass is 16.2. The summed E-state index contributed by atoms with van der Waals surface area (Å²) in [6, 6.07) is 8.02. The Morgan fingerprint density at radius 3 is 2.46 bits per heavy atom. The van der Waals surface area contributed by atoms with Gasteiger partial charge < -0.3 is 15.1 Å². The maximum Gasteiger partial charge on any atom is 0.227 e. The van der Waals surface area contributed by atoms with Crippen LogP contribution in [0.2, 0.25) is 0 Å². The monoisotopic (exact) mass is 331 g/mol. The summed E-state index contributed by atoms with van der Waals surface area (Å²) in [6.45, 7) is 10.3. The third-order valence-corrected chi connectivity index (χ3v) is 4.77. The summed E-state index contributed by atoms with van der Waals surface area (Å²) in [7, 11) is 0. The average Bonchev–Trinajstić information content (AvgIpc) is 3.00. The minimum absolute atomic E-state index is 0.0109. The minimum Gasteiger partial charge on any atom is -0.355 e. The first-order chi connectivity index (χ1) is 11.6. The minimum atomic E-state index is -0.250. The van der Waals surface area contributed by atoms with Crippen LogP contribution in [0.25, 0.3) is 0 Å². The molecule has 0 bridgehead atoms. The number of amides is 2. The lowest BCUT2D eigenvalue weighted by Crippen LogP contribution is -2.38. The van der Waals surface area contributed by atoms with Crippen molar-refractivity contribution in [1.29, 1.82) is 0 Å². The summed E-state index contributed by atoms with van der Waals surface area (Å²) in [5, 5.41) is 2.98. The number of likely N-dealkylation sites (N-methyl/N-ethyl adjacent to an activating group) is 1. The van der Waals surface area contributed by atoms with Crippen molar-refractivity contribution in [2.24, 2.45) is 5.92 Å². The Balaban J connectivity index is 1.87. The SMILES string of the molecule is CCc1ccc(N2CC(C(=O)NCCN(CC)CC)CC2=O)cc1. The molecule has 0 saturated carbocycles. The van der Waals surface area contributed by atoms with Crippen molar-refractivity contribution in [1.82, 2.24) is 10.2 Å². The van der Waals surface area contributed by atoms with Crippen LogP contribution in [-0.4, -0.2) is 49.4 Å². The quantitative estimate of drug-likeness (QED) is 0.793. The van der Waals surface area contributed by atoms with Crippen molar-refractivity contribution in [2.75, 3.05) is 37.6 Å². The van der Waals surface area contributed by atoms with Crippen LogP contribution >= 0.6 is 0 Å². The predicted octanol–water partition coefficient (Wildman–Crippen LogP) is 2.06. The van der Waals surface area contributed by atoms with Gasteiger partial charge in [0, 0.05) is 31.7 Å². The zero-order valence-electron chi connectivity index (χ0n) is 15.0. The molecule has 0 radical (unpaired) electrons. The van der Waals surface area contributed by atoms with E-state index in [1.54, 1.807) is 4.90 Å². The molecule has 1 unspecified atom stereocenters. The van der Waals surface area contributed by atoms with Gasteiger partial charge in [0.05, 0.1) is 5.92 Å². The van der Waals surface area contributed by atoms with Crippen LogP contribution in [0.4, 0.5) is 5.69 Å². The number of rotatable bonds is 8. The van der Waals surface area contributed by atoms with E-state index >= 15 is 0 Å². The molecule has 0 aromatic heterocycles. The smallest absolute Gasteiger partial charge is 0.227 e. The number of carbonyl (C=O) groups is 2. The molecule has 0 aliphatic carbocycles. The zero-order chi connectivity index (χ0) is 17.5. The van der Waals surface area contributed by atoms with Gasteiger partial charge in [-0.2, -0.15) is 0 Å². The summed E-state index contributed by atoms with van der Waals surface area (Å²) in [5.74, 6) is -0.230. The standard InChI is InChI=1S/C19H29N3O2/c1-4-15-7-9-17(10-8-15)22-14-16(13-18(22)23)19(24)20-11-12-21(5-2)6-3/h7-10,16H,4-6,11-14H2,1-3H3,(H,20,24). The van der Waals surface area contributed by atoms with Gasteiger partial charge in [-0.25, -0.2) is 0 Å². The van der Waals surface area contributed by atoms with E-state index in [9.17, 15) is 9.59 Å². The fourth-order valence-corrected chi connectivity index (χ4v) is 3.07. The van der Waals surface area contributed by atoms with Gasteiger partial charge in [-0.1, -0.05) is 32.9 Å². The second-order valence-corrected chi connectivity index (χ2v) is 6.24. The lowest BCUT2D eigenvalue weighted by atomic mass is 10.1. The number of benzene rings is 1. The Morgan fingerprint density at radius 2 is 1.88 bits per heavy atom. The van der Waals surface area contributed by atoms with Gasteiger partial charge in [-0.3, -0.25) is 9.59 Å². The molecule has 1 atom stereocenters. The Hall–Kier alpha value is -1.88. The maximum atomic E-state index is 12.3. The number of anilines is 1. The number of hydrogen-bond acceptors (Lipinski definition) is 3. The van der Waals surface area contributed by atoms with E-state index in [-0.39, 0.29) is 17.7 Å². The lowest BCUT2D eigenvalue weighted by Gasteiger charge is -2.19. The molecule has 1 aromatic carbocycles. The second kappa shape index (κ2) is 8.83. The molecule has 1 fully saturated rings. The van der Waals surface area contributed by atoms with E-state index in [4.69, 9.17) is 0 Å². The molecule has 1 N–H and O–H groups in total. The van der Waals surface area contributed by atoms with Crippen molar-refractivity contribution >= 4 is 17.5 Å². The van der Waals surface area contributed by atoms with Crippen LogP contribution in [0.3, 0.4) is 0 Å². The van der Waals surface area contributed by atoms with Crippen LogP contribution < -0.4 is 10.2 Å². The Kier molecular flexibility index (Phi) is 6.79. The van der Waals surface area contributed by atoms with Crippen LogP contribution in [0.5, 0.6) is 0 Å². The van der Waals surface area contributed by atoms with Crippen LogP contribution in [0, 0.1) is 5.92 Å². The average molecular weight is 331 g/mol. The molecule has 2 amide bonds. The van der Waals surface area contributed by atoms with Gasteiger partial charge in [0.25, 0.3) is 0 Å². The molecule has 1 saturated heterocycles. The second-order valence-electron chi connectivity index (χ2n) is 6.24. The molecule has 1 aliphatic rings. The Morgan fingerprint density at radius 1 is 1.21 bits per heavy atom. The first-order valence-corrected chi connectivity index (χ1v) is 8.98. The van der Waals surface area contributed by atoms with Crippen LogP contribution in [0.15, 0.2) is 24.3 Å². The van der Waals surface area contributed by atoms with E-state index in [0.29, 0.717) is 19.5 Å². The topological polar surface area (TPSA) is 52.7 Å². The fourth-order valence-electron chi connectivity index (χ4n) is 3.07. The van der Waals surface area contributed by atoms with E-state index in [0.717, 1.165) is 31.7 Å². The molecule has 5 heteroatoms. The summed E-state index contributed by atoms with van der Waals surface area (Å²) in [4.78, 5) is 28.6. The summed E-state index contributed by atoms with van der Waals surface area (Å²) in [5.41, 5.74) is 2.13. The fraction of sp³-hybridized carbons (Fsp3) is 0.579. The maximum absolute atomic E-state index is 12.3. The molecule has 5 nitrogen and oxygen atoms in total. The predicted molar refractivity (Wildman–Crippen MR) is 97.1 cm³/mol. The number of nitrogens with zero attached hydrogens (tertiary/aromatic N) is 2. The molecule has 1 aliphatic heterocycles. The van der Waals surface area contributed by atoms with E-state index in [1.807, 2.05) is 24.3 Å². The highest BCUT2D eigenvalue weighted by molar-refractivity contribution is 6.00. The normalized spacial score (nSPS) is 17.6. The molecule has 132 valence electrons. The van der Waals surface area contributed by atoms with Gasteiger partial charge in [0.1, 0.15) is 0 Å². The largest absolute Gasteiger partial charge is 0.355 e. The highest BCUT2D eigenvalue weighted by Gasteiger charge is 2.34. The summed E-state index contributed by atoms with van der Waals surface area (Å²) in [6.07, 6.45) is 1.28. The highest BCUT2D eigenvalue weighted by Crippen LogP contribution is 2.25. The molecule has 2 rings (SSSR count). The van der Waals surface area contributed by atoms with Gasteiger partial charge in [0.2, 0.25) is 11.8 Å². The summed E-state index contributed by atoms with van der Waals surface area (Å²) >= 11 is 0. The lowest BCUT2D eigenvalue weighted by molar-refractivity contribution is -0.126. The first-order valence-electron chi connectivity index (χ1n) is 8.98. The van der Waals surface area contributed by atoms with Crippen LogP contribution in [0.1, 0.15) is 32.8 Å².